The minimum atomic E-state index is -1.03. The average molecular weight is 599 g/mol. The van der Waals surface area contributed by atoms with E-state index in [0.29, 0.717) is 42.4 Å². The quantitative estimate of drug-likeness (QED) is 0.0524. The molecule has 4 aliphatic rings. The number of rotatable bonds is 16. The van der Waals surface area contributed by atoms with Crippen molar-refractivity contribution in [2.24, 2.45) is 17.4 Å². The maximum absolute atomic E-state index is 13.7. The molecule has 14 nitrogen and oxygen atoms in total. The first-order valence-electron chi connectivity index (χ1n) is 12.8. The predicted molar refractivity (Wildman–Crippen MR) is 147 cm³/mol. The molecule has 0 aromatic rings. The van der Waals surface area contributed by atoms with Crippen molar-refractivity contribution in [1.82, 2.24) is 20.9 Å². The molecule has 0 bridgehead atoms. The fourth-order valence-electron chi connectivity index (χ4n) is 5.71. The number of allylic oxidation sites excluding steroid dienone is 2. The average Bonchev–Trinajstić information content (AvgIpc) is 3.51. The Kier molecular flexibility index (Phi) is 9.34. The summed E-state index contributed by atoms with van der Waals surface area (Å²) in [5, 5.41) is 18.6. The van der Waals surface area contributed by atoms with Crippen LogP contribution in [0.25, 0.3) is 0 Å². The van der Waals surface area contributed by atoms with Crippen LogP contribution in [0.3, 0.4) is 0 Å². The van der Waals surface area contributed by atoms with Crippen molar-refractivity contribution >= 4 is 51.1 Å². The second-order valence-electron chi connectivity index (χ2n) is 9.84. The summed E-state index contributed by atoms with van der Waals surface area (Å²) in [4.78, 5) is 62.7. The summed E-state index contributed by atoms with van der Waals surface area (Å²) in [6, 6.07) is -0.836. The Labute approximate surface area is 238 Å². The molecule has 2 amide bonds. The number of methoxy groups -OCH3 is 1. The van der Waals surface area contributed by atoms with Gasteiger partial charge in [-0.2, -0.15) is 0 Å². The van der Waals surface area contributed by atoms with Gasteiger partial charge in [0, 0.05) is 61.9 Å². The van der Waals surface area contributed by atoms with Gasteiger partial charge in [0.2, 0.25) is 17.5 Å². The van der Waals surface area contributed by atoms with E-state index in [1.54, 1.807) is 6.92 Å². The second kappa shape index (κ2) is 12.4. The molecule has 5 atom stereocenters. The number of ether oxygens (including phenoxy) is 2. The summed E-state index contributed by atoms with van der Waals surface area (Å²) in [5.41, 5.74) is 10.4. The van der Waals surface area contributed by atoms with Crippen LogP contribution >= 0.6 is 21.6 Å². The summed E-state index contributed by atoms with van der Waals surface area (Å²) < 4.78 is 11.1. The number of nitrogens with two attached hydrogens (primary N) is 2. The number of carbonyl (C=O) groups is 5. The maximum atomic E-state index is 13.7. The van der Waals surface area contributed by atoms with Crippen LogP contribution in [-0.4, -0.2) is 108 Å². The van der Waals surface area contributed by atoms with Crippen molar-refractivity contribution < 1.29 is 38.6 Å². The Morgan fingerprint density at radius 1 is 1.20 bits per heavy atom. The first-order valence-corrected chi connectivity index (χ1v) is 15.3. The van der Waals surface area contributed by atoms with Gasteiger partial charge in [-0.3, -0.25) is 19.2 Å². The van der Waals surface area contributed by atoms with Crippen LogP contribution in [0.5, 0.6) is 0 Å². The number of nitrogens with zero attached hydrogens (tertiary/aromatic N) is 1. The van der Waals surface area contributed by atoms with E-state index in [1.807, 2.05) is 4.90 Å². The number of piperazine rings is 1. The van der Waals surface area contributed by atoms with Gasteiger partial charge in [0.1, 0.15) is 12.6 Å². The van der Waals surface area contributed by atoms with E-state index < -0.39 is 35.7 Å². The fourth-order valence-corrected chi connectivity index (χ4v) is 7.54. The molecule has 1 aliphatic carbocycles. The number of carboxylic acids is 1. The highest BCUT2D eigenvalue weighted by molar-refractivity contribution is 8.76. The number of Topliss-reactive ketones (excluding diaryl/α,β-unsaturated/α-hetero) is 2. The molecule has 0 aromatic carbocycles. The zero-order chi connectivity index (χ0) is 29.2. The van der Waals surface area contributed by atoms with E-state index in [2.05, 4.69) is 16.0 Å². The zero-order valence-electron chi connectivity index (χ0n) is 22.2. The second-order valence-corrected chi connectivity index (χ2v) is 12.5. The lowest BCUT2D eigenvalue weighted by Crippen LogP contribution is -2.55. The molecule has 0 radical (unpaired) electrons. The van der Waals surface area contributed by atoms with Crippen LogP contribution in [0, 0.1) is 5.92 Å². The molecule has 2 fully saturated rings. The number of aliphatic carboxylic acids is 1. The molecule has 3 heterocycles. The lowest BCUT2D eigenvalue weighted by molar-refractivity contribution is -0.139. The van der Waals surface area contributed by atoms with Crippen LogP contribution in [0.15, 0.2) is 22.5 Å². The molecule has 16 heteroatoms. The summed E-state index contributed by atoms with van der Waals surface area (Å²) in [6.45, 7) is 2.76. The van der Waals surface area contributed by atoms with Crippen molar-refractivity contribution in [2.45, 2.75) is 43.6 Å². The highest BCUT2D eigenvalue weighted by atomic mass is 33.1. The van der Waals surface area contributed by atoms with Gasteiger partial charge < -0.3 is 46.9 Å². The molecule has 0 spiro atoms. The SMILES string of the molecule is CO[C@@]12[C@H](COC(N)=O)C3=C(C(=O)C(C)=C(NCCSSCCN[C@@H](CCC(N)=O)C(=O)O)C3=O)N1C[C@@H]1N[C@@H]12. The Morgan fingerprint density at radius 3 is 2.52 bits per heavy atom. The third-order valence-electron chi connectivity index (χ3n) is 7.55. The fraction of sp³-hybridized carbons (Fsp3) is 0.625. The van der Waals surface area contributed by atoms with E-state index in [0.717, 1.165) is 0 Å². The molecule has 0 saturated carbocycles. The number of nitrogens with one attached hydrogen (secondary N) is 3. The summed E-state index contributed by atoms with van der Waals surface area (Å²) in [7, 11) is 4.58. The van der Waals surface area contributed by atoms with Crippen LogP contribution in [0.2, 0.25) is 0 Å². The first kappa shape index (κ1) is 30.2. The standard InChI is InChI=1S/C24H34N6O8S2/c1-11-17(28-6-8-40-39-7-5-27-13(22(34)35)3-4-15(25)31)20(33)16-12(10-38-23(26)36)24(37-2)21-14(29-21)9-30(24)18(16)19(11)32/h12-14,21,27-29H,3-10H2,1-2H3,(H2,25,31)(H2,26,36)(H,34,35)/t12-,13+,14+,21+,24-/m1/s1. The summed E-state index contributed by atoms with van der Waals surface area (Å²) in [5.74, 6) is -1.64. The molecule has 3 aliphatic heterocycles. The van der Waals surface area contributed by atoms with Gasteiger partial charge in [0.15, 0.2) is 5.72 Å². The Morgan fingerprint density at radius 2 is 1.90 bits per heavy atom. The summed E-state index contributed by atoms with van der Waals surface area (Å²) in [6.07, 6.45) is -0.852. The van der Waals surface area contributed by atoms with Crippen LogP contribution < -0.4 is 27.4 Å². The number of primary amides is 2. The molecule has 40 heavy (non-hydrogen) atoms. The van der Waals surface area contributed by atoms with Crippen LogP contribution in [0.4, 0.5) is 4.79 Å². The minimum absolute atomic E-state index is 0.00615. The van der Waals surface area contributed by atoms with Gasteiger partial charge in [0.05, 0.1) is 23.4 Å². The molecule has 0 unspecified atom stereocenters. The number of hydrogen-bond donors (Lipinski definition) is 6. The number of fused-ring (bicyclic) bond motifs is 4. The molecule has 0 aromatic heterocycles. The highest BCUT2D eigenvalue weighted by Gasteiger charge is 2.72. The Balaban J connectivity index is 1.31. The van der Waals surface area contributed by atoms with Crippen LogP contribution in [0.1, 0.15) is 19.8 Å². The monoisotopic (exact) mass is 598 g/mol. The van der Waals surface area contributed by atoms with Gasteiger partial charge in [-0.05, 0) is 13.3 Å². The van der Waals surface area contributed by atoms with E-state index in [9.17, 15) is 29.1 Å². The van der Waals surface area contributed by atoms with E-state index in [1.165, 1.54) is 28.7 Å². The van der Waals surface area contributed by atoms with Crippen molar-refractivity contribution in [3.8, 4) is 0 Å². The normalized spacial score (nSPS) is 27.4. The smallest absolute Gasteiger partial charge is 0.404 e. The number of carboxylic acid groups (broad SMARTS) is 1. The third kappa shape index (κ3) is 5.68. The number of hydrogen-bond acceptors (Lipinski definition) is 13. The van der Waals surface area contributed by atoms with Crippen molar-refractivity contribution in [3.05, 3.63) is 22.5 Å². The Bertz CT molecular complexity index is 1160. The lowest BCUT2D eigenvalue weighted by atomic mass is 9.82. The molecule has 220 valence electrons. The molecular formula is C24H34N6O8S2. The number of ketones is 2. The van der Waals surface area contributed by atoms with Crippen molar-refractivity contribution in [1.29, 1.82) is 0 Å². The van der Waals surface area contributed by atoms with E-state index in [-0.39, 0.29) is 54.4 Å². The van der Waals surface area contributed by atoms with E-state index >= 15 is 0 Å². The predicted octanol–water partition coefficient (Wildman–Crippen LogP) is -1.33. The topological polar surface area (TPSA) is 225 Å². The molecule has 2 saturated heterocycles. The molecule has 4 rings (SSSR count). The molecular weight excluding hydrogens is 564 g/mol. The van der Waals surface area contributed by atoms with Gasteiger partial charge in [-0.15, -0.1) is 0 Å². The zero-order valence-corrected chi connectivity index (χ0v) is 23.8. The van der Waals surface area contributed by atoms with Crippen molar-refractivity contribution in [3.63, 3.8) is 0 Å². The largest absolute Gasteiger partial charge is 0.480 e. The molecule has 8 N–H and O–H groups in total. The Hall–Kier alpha value is -2.79. The maximum Gasteiger partial charge on any atom is 0.404 e. The third-order valence-corrected chi connectivity index (χ3v) is 9.96. The first-order chi connectivity index (χ1) is 19.0. The van der Waals surface area contributed by atoms with Gasteiger partial charge >= 0.3 is 12.1 Å². The van der Waals surface area contributed by atoms with E-state index in [4.69, 9.17) is 20.9 Å². The minimum Gasteiger partial charge on any atom is -0.480 e. The van der Waals surface area contributed by atoms with Gasteiger partial charge in [-0.1, -0.05) is 21.6 Å². The summed E-state index contributed by atoms with van der Waals surface area (Å²) >= 11 is 0. The lowest BCUT2D eigenvalue weighted by Gasteiger charge is -2.39. The van der Waals surface area contributed by atoms with Gasteiger partial charge in [0.25, 0.3) is 0 Å². The highest BCUT2D eigenvalue weighted by Crippen LogP contribution is 2.55. The van der Waals surface area contributed by atoms with Crippen molar-refractivity contribution in [2.75, 3.05) is 44.9 Å². The number of amides is 2. The number of carbonyl (C=O) groups excluding carboxylic acids is 4. The van der Waals surface area contributed by atoms with Gasteiger partial charge in [-0.25, -0.2) is 4.79 Å². The van der Waals surface area contributed by atoms with Crippen LogP contribution in [-0.2, 0) is 28.7 Å².